The third-order valence-corrected chi connectivity index (χ3v) is 10.2. The van der Waals surface area contributed by atoms with E-state index in [1.54, 1.807) is 0 Å². The molecule has 0 aliphatic carbocycles. The van der Waals surface area contributed by atoms with Crippen LogP contribution in [0.5, 0.6) is 0 Å². The summed E-state index contributed by atoms with van der Waals surface area (Å²) in [5.41, 5.74) is 8.51. The number of aromatic amines is 4. The molecule has 7 aromatic rings. The van der Waals surface area contributed by atoms with Crippen molar-refractivity contribution in [1.82, 2.24) is 19.9 Å². The lowest BCUT2D eigenvalue weighted by Gasteiger charge is -2.14. The predicted molar refractivity (Wildman–Crippen MR) is 193 cm³/mol. The first-order valence-electron chi connectivity index (χ1n) is 14.5. The van der Waals surface area contributed by atoms with Gasteiger partial charge in [0.2, 0.25) is 0 Å². The average molecular weight is 734 g/mol. The molecule has 0 unspecified atom stereocenters. The lowest BCUT2D eigenvalue weighted by molar-refractivity contribution is 1.03. The van der Waals surface area contributed by atoms with E-state index in [1.807, 2.05) is 103 Å². The van der Waals surface area contributed by atoms with E-state index in [0.717, 1.165) is 63.3 Å². The molecule has 0 radical (unpaired) electrons. The predicted octanol–water partition coefficient (Wildman–Crippen LogP) is 12.0. The van der Waals surface area contributed by atoms with Crippen molar-refractivity contribution in [2.45, 2.75) is 0 Å². The molecule has 0 saturated carbocycles. The maximum absolute atomic E-state index is 6.88. The highest BCUT2D eigenvalue weighted by Crippen LogP contribution is 2.45. The van der Waals surface area contributed by atoms with Crippen molar-refractivity contribution in [3.05, 3.63) is 202 Å². The largest absolute Gasteiger partial charge is 0.340 e. The summed E-state index contributed by atoms with van der Waals surface area (Å²) in [6.07, 6.45) is 0. The molecule has 4 N–H and O–H groups in total. The van der Waals surface area contributed by atoms with E-state index in [0.29, 0.717) is 46.8 Å². The van der Waals surface area contributed by atoms with Gasteiger partial charge in [0, 0.05) is 12.1 Å². The Bertz CT molecular complexity index is 2080. The van der Waals surface area contributed by atoms with Crippen LogP contribution in [0, 0.1) is 17.8 Å². The minimum atomic E-state index is 0.498. The first-order valence-corrected chi connectivity index (χ1v) is 16.8. The van der Waals surface area contributed by atoms with E-state index in [1.165, 1.54) is 0 Å². The zero-order chi connectivity index (χ0) is 32.4. The summed E-state index contributed by atoms with van der Waals surface area (Å²) < 4.78 is 0. The molecule has 10 heteroatoms. The van der Waals surface area contributed by atoms with Crippen LogP contribution in [0.15, 0.2) is 103 Å². The minimum Gasteiger partial charge on any atom is -0.340 e. The van der Waals surface area contributed by atoms with Gasteiger partial charge >= 0.3 is 0 Å². The molecule has 1 aliphatic rings. The van der Waals surface area contributed by atoms with Crippen LogP contribution < -0.4 is 0 Å². The third-order valence-electron chi connectivity index (χ3n) is 8.29. The van der Waals surface area contributed by atoms with Crippen LogP contribution in [0.2, 0.25) is 30.1 Å². The molecule has 0 saturated heterocycles. The number of rotatable bonds is 3. The lowest BCUT2D eigenvalue weighted by Crippen LogP contribution is -2.11. The molecular weight excluding hydrogens is 713 g/mol. The SMILES string of the molecule is Clc1cccc(Cl)c1[C+]1c2ccc([nH]2)-c2ccc([nH]2)[C+](c2c(Cl)cccc2Cl)c2ccc([nH]2)[C+](c2c(Cl)cccc2Cl)c2ccc1[nH]2. The third kappa shape index (κ3) is 5.21. The van der Waals surface area contributed by atoms with Crippen LogP contribution in [0.1, 0.15) is 50.9 Å². The van der Waals surface area contributed by atoms with Gasteiger partial charge in [-0.05, 0) is 136 Å². The summed E-state index contributed by atoms with van der Waals surface area (Å²) in [6.45, 7) is 0. The van der Waals surface area contributed by atoms with Crippen molar-refractivity contribution in [3.63, 3.8) is 0 Å². The summed E-state index contributed by atoms with van der Waals surface area (Å²) in [5.74, 6) is 2.36. The Balaban J connectivity index is 1.43. The number of hydrogen-bond donors (Lipinski definition) is 4. The molecular formula is C37H21Cl6N4+3. The molecule has 228 valence electrons. The van der Waals surface area contributed by atoms with Gasteiger partial charge in [0.1, 0.15) is 98.7 Å². The smallest absolute Gasteiger partial charge is 0.126 e. The number of nitrogens with one attached hydrogen (secondary N) is 4. The standard InChI is InChI=1S/C37H21Cl6N4/c38-18-4-1-5-19(39)32(18)35-26-12-10-24(44-26)25-11-13-27(45-25)36(33-20(40)6-2-7-21(33)41)29-15-17-31(47-29)37(30-16-14-28(35)46-30)34-22(42)8-3-9-23(34)43/h1-17,44-47H/q+3. The second-order valence-electron chi connectivity index (χ2n) is 11.1. The monoisotopic (exact) mass is 731 g/mol. The molecule has 0 amide bonds. The molecule has 0 fully saturated rings. The summed E-state index contributed by atoms with van der Waals surface area (Å²) in [7, 11) is 0. The molecule has 4 nitrogen and oxygen atoms in total. The minimum absolute atomic E-state index is 0.498. The lowest BCUT2D eigenvalue weighted by atomic mass is 9.92. The summed E-state index contributed by atoms with van der Waals surface area (Å²) in [4.78, 5) is 14.5. The van der Waals surface area contributed by atoms with Crippen molar-refractivity contribution < 1.29 is 0 Å². The Hall–Kier alpha value is -3.87. The van der Waals surface area contributed by atoms with Gasteiger partial charge in [-0.2, -0.15) is 0 Å². The van der Waals surface area contributed by atoms with E-state index in [4.69, 9.17) is 69.6 Å². The van der Waals surface area contributed by atoms with E-state index in [2.05, 4.69) is 19.9 Å². The molecule has 47 heavy (non-hydrogen) atoms. The van der Waals surface area contributed by atoms with E-state index in [-0.39, 0.29) is 0 Å². The van der Waals surface area contributed by atoms with E-state index >= 15 is 0 Å². The van der Waals surface area contributed by atoms with Gasteiger partial charge in [-0.25, -0.2) is 0 Å². The van der Waals surface area contributed by atoms with Crippen molar-refractivity contribution in [2.75, 3.05) is 0 Å². The van der Waals surface area contributed by atoms with Crippen LogP contribution in [0.4, 0.5) is 0 Å². The fourth-order valence-corrected chi connectivity index (χ4v) is 7.98. The van der Waals surface area contributed by atoms with E-state index in [9.17, 15) is 0 Å². The van der Waals surface area contributed by atoms with Crippen molar-refractivity contribution in [3.8, 4) is 11.4 Å². The maximum atomic E-state index is 6.88. The average Bonchev–Trinajstić information content (AvgIpc) is 3.86. The van der Waals surface area contributed by atoms with E-state index < -0.39 is 0 Å². The number of fused-ring (bicyclic) bond motifs is 9. The number of hydrogen-bond acceptors (Lipinski definition) is 0. The van der Waals surface area contributed by atoms with Crippen LogP contribution >= 0.6 is 69.6 Å². The van der Waals surface area contributed by atoms with Crippen LogP contribution in [0.25, 0.3) is 11.4 Å². The van der Waals surface area contributed by atoms with Crippen molar-refractivity contribution in [2.24, 2.45) is 0 Å². The second kappa shape index (κ2) is 12.0. The number of aromatic nitrogens is 4. The Morgan fingerprint density at radius 2 is 0.532 bits per heavy atom. The molecule has 5 heterocycles. The highest BCUT2D eigenvalue weighted by Gasteiger charge is 2.39. The normalized spacial score (nSPS) is 12.8. The van der Waals surface area contributed by atoms with Crippen LogP contribution in [-0.4, -0.2) is 19.9 Å². The van der Waals surface area contributed by atoms with Gasteiger partial charge in [-0.1, -0.05) is 0 Å². The highest BCUT2D eigenvalue weighted by atomic mass is 35.5. The zero-order valence-electron chi connectivity index (χ0n) is 24.1. The topological polar surface area (TPSA) is 63.2 Å². The van der Waals surface area contributed by atoms with Gasteiger partial charge in [0.25, 0.3) is 0 Å². The second-order valence-corrected chi connectivity index (χ2v) is 13.5. The Morgan fingerprint density at radius 1 is 0.298 bits per heavy atom. The van der Waals surface area contributed by atoms with Crippen molar-refractivity contribution in [1.29, 1.82) is 0 Å². The Morgan fingerprint density at radius 3 is 0.809 bits per heavy atom. The summed E-state index contributed by atoms with van der Waals surface area (Å²) >= 11 is 41.1. The van der Waals surface area contributed by atoms with Crippen LogP contribution in [-0.2, 0) is 0 Å². The summed E-state index contributed by atoms with van der Waals surface area (Å²) in [5, 5.41) is 3.06. The maximum Gasteiger partial charge on any atom is 0.126 e. The quantitative estimate of drug-likeness (QED) is 0.131. The van der Waals surface area contributed by atoms with Gasteiger partial charge in [0.15, 0.2) is 0 Å². The number of halogens is 6. The zero-order valence-corrected chi connectivity index (χ0v) is 28.6. The molecule has 1 aliphatic heterocycles. The highest BCUT2D eigenvalue weighted by molar-refractivity contribution is 6.38. The van der Waals surface area contributed by atoms with Gasteiger partial charge < -0.3 is 19.9 Å². The molecule has 3 aromatic carbocycles. The Labute approximate surface area is 301 Å². The first kappa shape index (κ1) is 30.5. The molecule has 0 atom stereocenters. The number of benzene rings is 3. The molecule has 8 rings (SSSR count). The molecule has 4 aromatic heterocycles. The fraction of sp³-hybridized carbons (Fsp3) is 0. The van der Waals surface area contributed by atoms with Gasteiger partial charge in [-0.15, -0.1) is 0 Å². The summed E-state index contributed by atoms with van der Waals surface area (Å²) in [6, 6.07) is 32.5. The molecule has 0 spiro atoms. The molecule has 8 bridgehead atoms. The van der Waals surface area contributed by atoms with Crippen LogP contribution in [0.3, 0.4) is 0 Å². The van der Waals surface area contributed by atoms with Crippen molar-refractivity contribution >= 4 is 69.6 Å². The fourth-order valence-electron chi connectivity index (χ4n) is 6.22. The van der Waals surface area contributed by atoms with Gasteiger partial charge in [0.05, 0.1) is 35.7 Å². The van der Waals surface area contributed by atoms with Gasteiger partial charge in [-0.3, -0.25) is 0 Å². The number of H-pyrrole nitrogens is 4. The first-order chi connectivity index (χ1) is 22.8. The Kier molecular flexibility index (Phi) is 7.76.